The lowest BCUT2D eigenvalue weighted by Crippen LogP contribution is -2.41. The van der Waals surface area contributed by atoms with Crippen molar-refractivity contribution in [1.29, 1.82) is 0 Å². The molecule has 0 aromatic rings. The first-order chi connectivity index (χ1) is 9.11. The van der Waals surface area contributed by atoms with Crippen molar-refractivity contribution >= 4 is 11.8 Å². The van der Waals surface area contributed by atoms with E-state index in [4.69, 9.17) is 4.74 Å². The van der Waals surface area contributed by atoms with Crippen molar-refractivity contribution in [1.82, 2.24) is 10.2 Å². The minimum absolute atomic E-state index is 0.00636. The fourth-order valence-electron chi connectivity index (χ4n) is 3.13. The molecule has 1 heterocycles. The lowest BCUT2D eigenvalue weighted by atomic mass is 10.1. The molecule has 1 N–H and O–H groups in total. The molecule has 0 spiro atoms. The lowest BCUT2D eigenvalue weighted by Gasteiger charge is -2.24. The van der Waals surface area contributed by atoms with Crippen LogP contribution in [0.5, 0.6) is 0 Å². The molecule has 0 aromatic heterocycles. The summed E-state index contributed by atoms with van der Waals surface area (Å²) in [7, 11) is 1.61. The molecule has 0 unspecified atom stereocenters. The maximum absolute atomic E-state index is 12.1. The second kappa shape index (κ2) is 6.37. The van der Waals surface area contributed by atoms with Crippen molar-refractivity contribution in [3.05, 3.63) is 0 Å². The van der Waals surface area contributed by atoms with E-state index in [0.717, 1.165) is 12.8 Å². The van der Waals surface area contributed by atoms with Crippen molar-refractivity contribution in [2.24, 2.45) is 5.92 Å². The maximum atomic E-state index is 12.1. The Bertz CT molecular complexity index is 340. The molecular formula is C14H24N2O3. The largest absolute Gasteiger partial charge is 0.383 e. The van der Waals surface area contributed by atoms with E-state index < -0.39 is 0 Å². The highest BCUT2D eigenvalue weighted by molar-refractivity contribution is 5.89. The topological polar surface area (TPSA) is 58.6 Å². The quantitative estimate of drug-likeness (QED) is 0.807. The van der Waals surface area contributed by atoms with Gasteiger partial charge >= 0.3 is 0 Å². The molecule has 19 heavy (non-hydrogen) atoms. The van der Waals surface area contributed by atoms with Gasteiger partial charge in [0.05, 0.1) is 12.5 Å². The number of carbonyl (C=O) groups excluding carboxylic acids is 2. The molecule has 0 radical (unpaired) electrons. The van der Waals surface area contributed by atoms with Crippen LogP contribution in [0, 0.1) is 5.92 Å². The predicted molar refractivity (Wildman–Crippen MR) is 71.6 cm³/mol. The van der Waals surface area contributed by atoms with Gasteiger partial charge in [0.25, 0.3) is 0 Å². The Balaban J connectivity index is 1.85. The molecule has 2 rings (SSSR count). The number of nitrogens with zero attached hydrogens (tertiary/aromatic N) is 1. The first-order valence-corrected chi connectivity index (χ1v) is 7.20. The number of hydrogen-bond acceptors (Lipinski definition) is 3. The van der Waals surface area contributed by atoms with Gasteiger partial charge in [-0.3, -0.25) is 9.59 Å². The number of methoxy groups -OCH3 is 1. The Morgan fingerprint density at radius 3 is 2.79 bits per heavy atom. The molecule has 5 heteroatoms. The van der Waals surface area contributed by atoms with Crippen LogP contribution in [0.1, 0.15) is 39.0 Å². The minimum atomic E-state index is -0.188. The van der Waals surface area contributed by atoms with E-state index in [9.17, 15) is 9.59 Å². The second-order valence-electron chi connectivity index (χ2n) is 5.75. The van der Waals surface area contributed by atoms with Crippen LogP contribution in [0.25, 0.3) is 0 Å². The summed E-state index contributed by atoms with van der Waals surface area (Å²) in [6.45, 7) is 3.00. The van der Waals surface area contributed by atoms with Crippen LogP contribution in [0.4, 0.5) is 0 Å². The zero-order valence-corrected chi connectivity index (χ0v) is 11.9. The highest BCUT2D eigenvalue weighted by atomic mass is 16.5. The number of carbonyl (C=O) groups is 2. The summed E-state index contributed by atoms with van der Waals surface area (Å²) in [5.74, 6) is -0.0581. The average molecular weight is 268 g/mol. The molecule has 108 valence electrons. The zero-order valence-electron chi connectivity index (χ0n) is 11.9. The number of rotatable bonds is 5. The Hall–Kier alpha value is -1.10. The third-order valence-electron chi connectivity index (χ3n) is 4.10. The molecule has 2 amide bonds. The SMILES string of the molecule is COC[C@@H](C)NC(=O)[C@H]1CC(=O)N(C2CCCC2)C1. The van der Waals surface area contributed by atoms with Gasteiger partial charge in [-0.15, -0.1) is 0 Å². The summed E-state index contributed by atoms with van der Waals surface area (Å²) in [5.41, 5.74) is 0. The monoisotopic (exact) mass is 268 g/mol. The standard InChI is InChI=1S/C14H24N2O3/c1-10(9-19-2)15-14(18)11-7-13(17)16(8-11)12-5-3-4-6-12/h10-12H,3-9H2,1-2H3,(H,15,18)/t10-,11+/m1/s1. The molecule has 1 aliphatic heterocycles. The second-order valence-corrected chi connectivity index (χ2v) is 5.75. The number of hydrogen-bond donors (Lipinski definition) is 1. The predicted octanol–water partition coefficient (Wildman–Crippen LogP) is 0.929. The Morgan fingerprint density at radius 1 is 1.47 bits per heavy atom. The van der Waals surface area contributed by atoms with Gasteiger partial charge < -0.3 is 15.0 Å². The first kappa shape index (κ1) is 14.3. The van der Waals surface area contributed by atoms with E-state index in [0.29, 0.717) is 25.6 Å². The molecule has 2 fully saturated rings. The summed E-state index contributed by atoms with van der Waals surface area (Å²) in [6.07, 6.45) is 4.97. The van der Waals surface area contributed by atoms with Crippen LogP contribution in [-0.2, 0) is 14.3 Å². The van der Waals surface area contributed by atoms with Crippen LogP contribution in [0.2, 0.25) is 0 Å². The van der Waals surface area contributed by atoms with Gasteiger partial charge in [0, 0.05) is 32.2 Å². The van der Waals surface area contributed by atoms with E-state index >= 15 is 0 Å². The van der Waals surface area contributed by atoms with E-state index in [2.05, 4.69) is 5.32 Å². The molecule has 1 saturated carbocycles. The van der Waals surface area contributed by atoms with Crippen LogP contribution >= 0.6 is 0 Å². The molecule has 1 aliphatic carbocycles. The van der Waals surface area contributed by atoms with Gasteiger partial charge in [0.2, 0.25) is 11.8 Å². The third kappa shape index (κ3) is 3.47. The van der Waals surface area contributed by atoms with Gasteiger partial charge in [-0.05, 0) is 19.8 Å². The van der Waals surface area contributed by atoms with Crippen molar-refractivity contribution < 1.29 is 14.3 Å². The molecule has 2 atom stereocenters. The van der Waals surface area contributed by atoms with Gasteiger partial charge in [-0.1, -0.05) is 12.8 Å². The van der Waals surface area contributed by atoms with Gasteiger partial charge in [0.1, 0.15) is 0 Å². The molecule has 1 saturated heterocycles. The van der Waals surface area contributed by atoms with Crippen molar-refractivity contribution in [3.63, 3.8) is 0 Å². The maximum Gasteiger partial charge on any atom is 0.225 e. The van der Waals surface area contributed by atoms with Crippen molar-refractivity contribution in [2.75, 3.05) is 20.3 Å². The van der Waals surface area contributed by atoms with Crippen LogP contribution in [-0.4, -0.2) is 49.1 Å². The van der Waals surface area contributed by atoms with Gasteiger partial charge in [0.15, 0.2) is 0 Å². The normalized spacial score (nSPS) is 25.9. The Morgan fingerprint density at radius 2 is 2.16 bits per heavy atom. The molecule has 2 aliphatic rings. The Labute approximate surface area is 114 Å². The highest BCUT2D eigenvalue weighted by Gasteiger charge is 2.38. The lowest BCUT2D eigenvalue weighted by molar-refractivity contribution is -0.130. The van der Waals surface area contributed by atoms with E-state index in [1.807, 2.05) is 11.8 Å². The van der Waals surface area contributed by atoms with Gasteiger partial charge in [-0.2, -0.15) is 0 Å². The smallest absolute Gasteiger partial charge is 0.225 e. The highest BCUT2D eigenvalue weighted by Crippen LogP contribution is 2.29. The third-order valence-corrected chi connectivity index (χ3v) is 4.10. The fraction of sp³-hybridized carbons (Fsp3) is 0.857. The average Bonchev–Trinajstić information content (AvgIpc) is 2.97. The Kier molecular flexibility index (Phi) is 4.80. The number of ether oxygens (including phenoxy) is 1. The van der Waals surface area contributed by atoms with Crippen molar-refractivity contribution in [2.45, 2.75) is 51.1 Å². The molecule has 0 aromatic carbocycles. The molecular weight excluding hydrogens is 244 g/mol. The summed E-state index contributed by atoms with van der Waals surface area (Å²) in [5, 5.41) is 2.91. The number of amides is 2. The van der Waals surface area contributed by atoms with E-state index in [1.165, 1.54) is 12.8 Å². The van der Waals surface area contributed by atoms with Gasteiger partial charge in [-0.25, -0.2) is 0 Å². The summed E-state index contributed by atoms with van der Waals surface area (Å²) >= 11 is 0. The van der Waals surface area contributed by atoms with E-state index in [1.54, 1.807) is 7.11 Å². The zero-order chi connectivity index (χ0) is 13.8. The van der Waals surface area contributed by atoms with E-state index in [-0.39, 0.29) is 23.8 Å². The van der Waals surface area contributed by atoms with Crippen LogP contribution < -0.4 is 5.32 Å². The minimum Gasteiger partial charge on any atom is -0.383 e. The first-order valence-electron chi connectivity index (χ1n) is 7.20. The van der Waals surface area contributed by atoms with Crippen LogP contribution in [0.15, 0.2) is 0 Å². The fourth-order valence-corrected chi connectivity index (χ4v) is 3.13. The number of nitrogens with one attached hydrogen (secondary N) is 1. The summed E-state index contributed by atoms with van der Waals surface area (Å²) in [6, 6.07) is 0.370. The summed E-state index contributed by atoms with van der Waals surface area (Å²) in [4.78, 5) is 26.0. The number of likely N-dealkylation sites (tertiary alicyclic amines) is 1. The molecule has 0 bridgehead atoms. The van der Waals surface area contributed by atoms with Crippen LogP contribution in [0.3, 0.4) is 0 Å². The van der Waals surface area contributed by atoms with Crippen molar-refractivity contribution in [3.8, 4) is 0 Å². The summed E-state index contributed by atoms with van der Waals surface area (Å²) < 4.78 is 5.00. The molecule has 5 nitrogen and oxygen atoms in total.